The monoisotopic (exact) mass is 455 g/mol. The second-order valence-electron chi connectivity index (χ2n) is 8.02. The Bertz CT molecular complexity index is 1220. The summed E-state index contributed by atoms with van der Waals surface area (Å²) < 4.78 is 12.5. The molecule has 1 heterocycles. The van der Waals surface area contributed by atoms with Gasteiger partial charge in [-0.25, -0.2) is 0 Å². The minimum atomic E-state index is 0.0131. The molecule has 0 saturated carbocycles. The minimum Gasteiger partial charge on any atom is -0.493 e. The summed E-state index contributed by atoms with van der Waals surface area (Å²) in [6, 6.07) is 24.3. The summed E-state index contributed by atoms with van der Waals surface area (Å²) in [5.41, 5.74) is 5.55. The summed E-state index contributed by atoms with van der Waals surface area (Å²) in [5, 5.41) is 7.33. The smallest absolute Gasteiger partial charge is 0.220 e. The fraction of sp³-hybridized carbons (Fsp3) is 0.214. The van der Waals surface area contributed by atoms with Crippen LogP contribution in [0.4, 0.5) is 0 Å². The lowest BCUT2D eigenvalue weighted by Gasteiger charge is -2.12. The summed E-state index contributed by atoms with van der Waals surface area (Å²) in [4.78, 5) is 12.5. The summed E-state index contributed by atoms with van der Waals surface area (Å²) in [7, 11) is 3.22. The largest absolute Gasteiger partial charge is 0.493 e. The van der Waals surface area contributed by atoms with E-state index < -0.39 is 0 Å². The van der Waals surface area contributed by atoms with Crippen LogP contribution in [0.5, 0.6) is 11.5 Å². The molecule has 0 unspecified atom stereocenters. The predicted molar refractivity (Wildman–Crippen MR) is 133 cm³/mol. The minimum absolute atomic E-state index is 0.0131. The van der Waals surface area contributed by atoms with Crippen LogP contribution < -0.4 is 14.8 Å². The Hall–Kier alpha value is -4.06. The average molecular weight is 456 g/mol. The molecule has 4 aromatic rings. The summed E-state index contributed by atoms with van der Waals surface area (Å²) >= 11 is 0. The van der Waals surface area contributed by atoms with Gasteiger partial charge in [0.15, 0.2) is 11.5 Å². The van der Waals surface area contributed by atoms with E-state index in [1.165, 1.54) is 5.56 Å². The van der Waals surface area contributed by atoms with Gasteiger partial charge in [0.05, 0.1) is 20.8 Å². The van der Waals surface area contributed by atoms with Crippen LogP contribution in [0.25, 0.3) is 11.1 Å². The third kappa shape index (κ3) is 5.84. The molecule has 0 radical (unpaired) electrons. The zero-order valence-corrected chi connectivity index (χ0v) is 19.5. The van der Waals surface area contributed by atoms with Crippen LogP contribution in [-0.4, -0.2) is 29.9 Å². The van der Waals surface area contributed by atoms with Crippen molar-refractivity contribution in [3.63, 3.8) is 0 Å². The van der Waals surface area contributed by atoms with E-state index in [9.17, 15) is 4.79 Å². The molecule has 174 valence electrons. The van der Waals surface area contributed by atoms with Gasteiger partial charge in [-0.3, -0.25) is 9.48 Å². The third-order valence-electron chi connectivity index (χ3n) is 5.75. The van der Waals surface area contributed by atoms with Gasteiger partial charge in [-0.1, -0.05) is 54.6 Å². The highest BCUT2D eigenvalue weighted by Gasteiger charge is 2.09. The molecule has 1 N–H and O–H groups in total. The first-order valence-corrected chi connectivity index (χ1v) is 11.3. The van der Waals surface area contributed by atoms with E-state index in [1.807, 2.05) is 47.3 Å². The molecule has 0 aliphatic heterocycles. The number of hydrogen-bond acceptors (Lipinski definition) is 4. The number of rotatable bonds is 10. The Morgan fingerprint density at radius 3 is 2.41 bits per heavy atom. The van der Waals surface area contributed by atoms with Crippen LogP contribution in [0.3, 0.4) is 0 Å². The lowest BCUT2D eigenvalue weighted by molar-refractivity contribution is -0.121. The van der Waals surface area contributed by atoms with E-state index in [0.29, 0.717) is 30.9 Å². The van der Waals surface area contributed by atoms with E-state index in [4.69, 9.17) is 9.47 Å². The molecule has 3 aromatic carbocycles. The zero-order valence-electron chi connectivity index (χ0n) is 19.5. The number of benzene rings is 3. The first kappa shape index (κ1) is 23.1. The molecule has 4 rings (SSSR count). The number of amides is 1. The average Bonchev–Trinajstić information content (AvgIpc) is 3.39. The molecule has 1 amide bonds. The summed E-state index contributed by atoms with van der Waals surface area (Å²) in [6.45, 7) is 1.22. The van der Waals surface area contributed by atoms with E-state index in [-0.39, 0.29) is 5.91 Å². The van der Waals surface area contributed by atoms with Crippen molar-refractivity contribution in [1.82, 2.24) is 15.1 Å². The van der Waals surface area contributed by atoms with Crippen molar-refractivity contribution in [1.29, 1.82) is 0 Å². The van der Waals surface area contributed by atoms with Crippen molar-refractivity contribution in [2.75, 3.05) is 14.2 Å². The predicted octanol–water partition coefficient (Wildman–Crippen LogP) is 4.86. The van der Waals surface area contributed by atoms with E-state index in [2.05, 4.69) is 46.8 Å². The second kappa shape index (κ2) is 11.2. The van der Waals surface area contributed by atoms with Crippen LogP contribution in [0, 0.1) is 0 Å². The number of nitrogens with zero attached hydrogens (tertiary/aromatic N) is 2. The van der Waals surface area contributed by atoms with Crippen molar-refractivity contribution in [3.05, 3.63) is 102 Å². The van der Waals surface area contributed by atoms with Crippen LogP contribution in [0.2, 0.25) is 0 Å². The molecule has 0 saturated heterocycles. The number of aryl methyl sites for hydroxylation is 1. The highest BCUT2D eigenvalue weighted by Crippen LogP contribution is 2.28. The maximum absolute atomic E-state index is 12.5. The Kier molecular flexibility index (Phi) is 7.60. The number of carbonyl (C=O) groups is 1. The topological polar surface area (TPSA) is 65.4 Å². The fourth-order valence-corrected chi connectivity index (χ4v) is 3.90. The molecule has 6 nitrogen and oxygen atoms in total. The Labute approximate surface area is 200 Å². The number of nitrogens with one attached hydrogen (secondary N) is 1. The lowest BCUT2D eigenvalue weighted by atomic mass is 9.98. The molecule has 0 atom stereocenters. The molecular weight excluding hydrogens is 426 g/mol. The summed E-state index contributed by atoms with van der Waals surface area (Å²) in [5.74, 6) is 1.37. The van der Waals surface area contributed by atoms with Crippen molar-refractivity contribution in [2.24, 2.45) is 0 Å². The Morgan fingerprint density at radius 1 is 0.912 bits per heavy atom. The number of methoxy groups -OCH3 is 2. The third-order valence-corrected chi connectivity index (χ3v) is 5.75. The molecule has 34 heavy (non-hydrogen) atoms. The van der Waals surface area contributed by atoms with Gasteiger partial charge in [0, 0.05) is 25.4 Å². The molecule has 1 aromatic heterocycles. The number of carbonyl (C=O) groups excluding carboxylic acids is 1. The van der Waals surface area contributed by atoms with Crippen molar-refractivity contribution in [3.8, 4) is 22.6 Å². The van der Waals surface area contributed by atoms with Gasteiger partial charge in [0.25, 0.3) is 0 Å². The number of hydrogen-bond donors (Lipinski definition) is 1. The van der Waals surface area contributed by atoms with Gasteiger partial charge in [0.1, 0.15) is 0 Å². The molecular formula is C28H29N3O3. The Morgan fingerprint density at radius 2 is 1.68 bits per heavy atom. The standard InChI is InChI=1S/C28H29N3O3/c1-33-26-14-10-21(18-27(26)34-2)11-15-28(32)29-19-24-6-3-4-7-25(24)23-12-8-22(9-13-23)20-31-17-5-16-30-31/h3-10,12-14,16-18H,11,15,19-20H2,1-2H3,(H,29,32). The van der Waals surface area contributed by atoms with Crippen LogP contribution >= 0.6 is 0 Å². The van der Waals surface area contributed by atoms with Gasteiger partial charge in [0.2, 0.25) is 5.91 Å². The molecule has 0 bridgehead atoms. The van der Waals surface area contributed by atoms with Gasteiger partial charge in [-0.15, -0.1) is 0 Å². The lowest BCUT2D eigenvalue weighted by Crippen LogP contribution is -2.23. The van der Waals surface area contributed by atoms with Crippen molar-refractivity contribution in [2.45, 2.75) is 25.9 Å². The van der Waals surface area contributed by atoms with E-state index in [0.717, 1.165) is 28.8 Å². The quantitative estimate of drug-likeness (QED) is 0.371. The van der Waals surface area contributed by atoms with Crippen LogP contribution in [-0.2, 0) is 24.3 Å². The van der Waals surface area contributed by atoms with E-state index >= 15 is 0 Å². The van der Waals surface area contributed by atoms with Gasteiger partial charge in [-0.2, -0.15) is 5.10 Å². The van der Waals surface area contributed by atoms with Crippen LogP contribution in [0.15, 0.2) is 85.2 Å². The zero-order chi connectivity index (χ0) is 23.8. The number of aromatic nitrogens is 2. The first-order chi connectivity index (χ1) is 16.7. The normalized spacial score (nSPS) is 10.6. The van der Waals surface area contributed by atoms with Crippen LogP contribution in [0.1, 0.15) is 23.1 Å². The SMILES string of the molecule is COc1ccc(CCC(=O)NCc2ccccc2-c2ccc(Cn3cccn3)cc2)cc1OC. The van der Waals surface area contributed by atoms with Gasteiger partial charge in [-0.05, 0) is 52.4 Å². The van der Waals surface area contributed by atoms with E-state index in [1.54, 1.807) is 20.4 Å². The molecule has 0 aliphatic rings. The summed E-state index contributed by atoms with van der Waals surface area (Å²) in [6.07, 6.45) is 4.77. The molecule has 0 aliphatic carbocycles. The fourth-order valence-electron chi connectivity index (χ4n) is 3.90. The highest BCUT2D eigenvalue weighted by atomic mass is 16.5. The molecule has 0 spiro atoms. The first-order valence-electron chi connectivity index (χ1n) is 11.3. The molecule has 6 heteroatoms. The maximum atomic E-state index is 12.5. The second-order valence-corrected chi connectivity index (χ2v) is 8.02. The number of ether oxygens (including phenoxy) is 2. The van der Waals surface area contributed by atoms with Crippen molar-refractivity contribution < 1.29 is 14.3 Å². The molecule has 0 fully saturated rings. The Balaban J connectivity index is 1.35. The maximum Gasteiger partial charge on any atom is 0.220 e. The van der Waals surface area contributed by atoms with Crippen molar-refractivity contribution >= 4 is 5.91 Å². The van der Waals surface area contributed by atoms with Gasteiger partial charge < -0.3 is 14.8 Å². The highest BCUT2D eigenvalue weighted by molar-refractivity contribution is 5.77. The van der Waals surface area contributed by atoms with Gasteiger partial charge >= 0.3 is 0 Å².